The first-order valence-corrected chi connectivity index (χ1v) is 7.53. The van der Waals surface area contributed by atoms with Crippen molar-refractivity contribution in [3.05, 3.63) is 32.6 Å². The second-order valence-corrected chi connectivity index (χ2v) is 6.65. The van der Waals surface area contributed by atoms with Gasteiger partial charge in [-0.3, -0.25) is 18.7 Å². The van der Waals surface area contributed by atoms with Crippen molar-refractivity contribution in [2.24, 2.45) is 7.05 Å². The van der Waals surface area contributed by atoms with Crippen molar-refractivity contribution in [3.8, 4) is 0 Å². The van der Waals surface area contributed by atoms with Crippen LogP contribution in [0.1, 0.15) is 24.2 Å². The van der Waals surface area contributed by atoms with Crippen molar-refractivity contribution in [1.82, 2.24) is 9.13 Å². The number of rotatable bonds is 5. The van der Waals surface area contributed by atoms with E-state index in [1.807, 2.05) is 0 Å². The van der Waals surface area contributed by atoms with Gasteiger partial charge in [0.1, 0.15) is 0 Å². The molecule has 0 amide bonds. The van der Waals surface area contributed by atoms with Gasteiger partial charge in [-0.05, 0) is 6.92 Å². The van der Waals surface area contributed by atoms with Crippen LogP contribution < -0.4 is 11.2 Å². The van der Waals surface area contributed by atoms with Crippen LogP contribution in [0.4, 0.5) is 0 Å². The minimum atomic E-state index is -3.22. The van der Waals surface area contributed by atoms with Gasteiger partial charge >= 0.3 is 5.69 Å². The zero-order chi connectivity index (χ0) is 14.8. The number of sulfone groups is 1. The number of aryl methyl sites for hydroxylation is 1. The highest BCUT2D eigenvalue weighted by Gasteiger charge is 2.14. The summed E-state index contributed by atoms with van der Waals surface area (Å²) in [6, 6.07) is 0. The van der Waals surface area contributed by atoms with E-state index in [-0.39, 0.29) is 23.6 Å². The highest BCUT2D eigenvalue weighted by Crippen LogP contribution is 1.95. The van der Waals surface area contributed by atoms with Crippen LogP contribution in [-0.4, -0.2) is 34.8 Å². The van der Waals surface area contributed by atoms with Crippen LogP contribution >= 0.6 is 0 Å². The third-order valence-corrected chi connectivity index (χ3v) is 4.50. The number of carbonyl (C=O) groups excluding carboxylic acids is 1. The Morgan fingerprint density at radius 3 is 2.37 bits per heavy atom. The molecule has 1 aromatic heterocycles. The van der Waals surface area contributed by atoms with Crippen molar-refractivity contribution in [1.29, 1.82) is 0 Å². The first-order chi connectivity index (χ1) is 8.69. The Kier molecular flexibility index (Phi) is 4.46. The Hall–Kier alpha value is -1.70. The molecule has 0 saturated carbocycles. The minimum Gasteiger partial charge on any atom is -0.299 e. The van der Waals surface area contributed by atoms with Crippen molar-refractivity contribution >= 4 is 15.6 Å². The van der Waals surface area contributed by atoms with Crippen molar-refractivity contribution in [3.63, 3.8) is 0 Å². The van der Waals surface area contributed by atoms with Crippen LogP contribution in [-0.2, 0) is 23.4 Å². The van der Waals surface area contributed by atoms with E-state index in [1.165, 1.54) is 20.9 Å². The molecule has 0 atom stereocenters. The zero-order valence-corrected chi connectivity index (χ0v) is 11.9. The Bertz CT molecular complexity index is 712. The summed E-state index contributed by atoms with van der Waals surface area (Å²) in [5.74, 6) is -0.695. The maximum atomic E-state index is 11.8. The second kappa shape index (κ2) is 5.52. The van der Waals surface area contributed by atoms with Gasteiger partial charge in [-0.25, -0.2) is 13.2 Å². The summed E-state index contributed by atoms with van der Waals surface area (Å²) in [5, 5.41) is 0. The van der Waals surface area contributed by atoms with Gasteiger partial charge in [0.15, 0.2) is 15.6 Å². The van der Waals surface area contributed by atoms with Gasteiger partial charge < -0.3 is 0 Å². The molecule has 0 spiro atoms. The van der Waals surface area contributed by atoms with Crippen LogP contribution in [0.15, 0.2) is 15.8 Å². The molecule has 0 aliphatic carbocycles. The number of hydrogen-bond acceptors (Lipinski definition) is 5. The lowest BCUT2D eigenvalue weighted by Gasteiger charge is -2.09. The van der Waals surface area contributed by atoms with Gasteiger partial charge in [-0.2, -0.15) is 0 Å². The molecular formula is C11H16N2O5S. The summed E-state index contributed by atoms with van der Waals surface area (Å²) in [7, 11) is -1.97. The number of carbonyl (C=O) groups is 1. The van der Waals surface area contributed by atoms with Crippen LogP contribution in [0.2, 0.25) is 0 Å². The first-order valence-electron chi connectivity index (χ1n) is 5.71. The predicted octanol–water partition coefficient (Wildman–Crippen LogP) is -0.816. The molecule has 0 unspecified atom stereocenters. The average molecular weight is 288 g/mol. The molecule has 0 radical (unpaired) electrons. The highest BCUT2D eigenvalue weighted by molar-refractivity contribution is 7.91. The minimum absolute atomic E-state index is 0.0208. The number of Topliss-reactive ketones (excluding diaryl/α,β-unsaturated/α-hetero) is 1. The summed E-state index contributed by atoms with van der Waals surface area (Å²) in [5.41, 5.74) is -1.44. The maximum absolute atomic E-state index is 11.8. The summed E-state index contributed by atoms with van der Waals surface area (Å²) in [6.45, 7) is 2.65. The zero-order valence-electron chi connectivity index (χ0n) is 11.0. The number of aromatic nitrogens is 2. The van der Waals surface area contributed by atoms with E-state index in [2.05, 4.69) is 0 Å². The number of hydrogen-bond donors (Lipinski definition) is 0. The molecule has 19 heavy (non-hydrogen) atoms. The third kappa shape index (κ3) is 3.40. The summed E-state index contributed by atoms with van der Waals surface area (Å²) < 4.78 is 24.7. The van der Waals surface area contributed by atoms with Crippen molar-refractivity contribution in [2.75, 3.05) is 11.5 Å². The quantitative estimate of drug-likeness (QED) is 0.660. The number of nitrogens with zero attached hydrogens (tertiary/aromatic N) is 2. The van der Waals surface area contributed by atoms with Crippen LogP contribution in [0.3, 0.4) is 0 Å². The molecule has 106 valence electrons. The fourth-order valence-electron chi connectivity index (χ4n) is 1.51. The van der Waals surface area contributed by atoms with Crippen LogP contribution in [0, 0.1) is 0 Å². The Morgan fingerprint density at radius 2 is 1.89 bits per heavy atom. The van der Waals surface area contributed by atoms with Gasteiger partial charge in [-0.1, -0.05) is 6.92 Å². The molecule has 0 bridgehead atoms. The van der Waals surface area contributed by atoms with Gasteiger partial charge in [0.05, 0.1) is 11.3 Å². The first kappa shape index (κ1) is 15.4. The molecule has 0 fully saturated rings. The fourth-order valence-corrected chi connectivity index (χ4v) is 2.27. The highest BCUT2D eigenvalue weighted by atomic mass is 32.2. The standard InChI is InChI=1S/C11H16N2O5S/c1-4-19(17,18)6-5-13-7-9(8(2)14)10(15)12(3)11(13)16/h7H,4-6H2,1-3H3. The van der Waals surface area contributed by atoms with E-state index in [0.717, 1.165) is 15.3 Å². The fraction of sp³-hybridized carbons (Fsp3) is 0.545. The molecule has 8 heteroatoms. The smallest absolute Gasteiger partial charge is 0.299 e. The largest absolute Gasteiger partial charge is 0.330 e. The van der Waals surface area contributed by atoms with Gasteiger partial charge in [0.25, 0.3) is 5.56 Å². The van der Waals surface area contributed by atoms with Gasteiger partial charge in [-0.15, -0.1) is 0 Å². The molecule has 1 rings (SSSR count). The van der Waals surface area contributed by atoms with Gasteiger partial charge in [0.2, 0.25) is 0 Å². The second-order valence-electron chi connectivity index (χ2n) is 4.18. The predicted molar refractivity (Wildman–Crippen MR) is 70.3 cm³/mol. The molecule has 7 nitrogen and oxygen atoms in total. The topological polar surface area (TPSA) is 95.2 Å². The molecule has 1 aromatic rings. The van der Waals surface area contributed by atoms with Crippen molar-refractivity contribution in [2.45, 2.75) is 20.4 Å². The average Bonchev–Trinajstić information content (AvgIpc) is 2.34. The lowest BCUT2D eigenvalue weighted by molar-refractivity contribution is 0.101. The van der Waals surface area contributed by atoms with E-state index in [4.69, 9.17) is 0 Å². The SMILES string of the molecule is CCS(=O)(=O)CCn1cc(C(C)=O)c(=O)n(C)c1=O. The molecule has 1 heterocycles. The van der Waals surface area contributed by atoms with Crippen LogP contribution in [0.5, 0.6) is 0 Å². The molecule has 0 aromatic carbocycles. The van der Waals surface area contributed by atoms with E-state index >= 15 is 0 Å². The molecular weight excluding hydrogens is 272 g/mol. The summed E-state index contributed by atoms with van der Waals surface area (Å²) >= 11 is 0. The lowest BCUT2D eigenvalue weighted by atomic mass is 10.2. The van der Waals surface area contributed by atoms with E-state index in [0.29, 0.717) is 0 Å². The van der Waals surface area contributed by atoms with E-state index in [9.17, 15) is 22.8 Å². The third-order valence-electron chi connectivity index (χ3n) is 2.81. The normalized spacial score (nSPS) is 11.5. The Labute approximate surface area is 110 Å². The molecule has 0 aliphatic heterocycles. The molecule has 0 aliphatic rings. The summed E-state index contributed by atoms with van der Waals surface area (Å²) in [4.78, 5) is 34.7. The monoisotopic (exact) mass is 288 g/mol. The molecule has 0 N–H and O–H groups in total. The van der Waals surface area contributed by atoms with Gasteiger partial charge in [0, 0.05) is 25.5 Å². The lowest BCUT2D eigenvalue weighted by Crippen LogP contribution is -2.41. The number of ketones is 1. The maximum Gasteiger partial charge on any atom is 0.330 e. The van der Waals surface area contributed by atoms with Crippen molar-refractivity contribution < 1.29 is 13.2 Å². The van der Waals surface area contributed by atoms with E-state index in [1.54, 1.807) is 0 Å². The summed E-state index contributed by atoms with van der Waals surface area (Å²) in [6.07, 6.45) is 1.12. The van der Waals surface area contributed by atoms with E-state index < -0.39 is 26.9 Å². The Morgan fingerprint density at radius 1 is 1.32 bits per heavy atom. The Balaban J connectivity index is 3.27. The molecule has 0 saturated heterocycles. The van der Waals surface area contributed by atoms with Crippen LogP contribution in [0.25, 0.3) is 0 Å².